The van der Waals surface area contributed by atoms with E-state index in [0.29, 0.717) is 19.4 Å². The van der Waals surface area contributed by atoms with E-state index in [-0.39, 0.29) is 25.6 Å². The Labute approximate surface area is 134 Å². The van der Waals surface area contributed by atoms with Gasteiger partial charge in [-0.2, -0.15) is 0 Å². The maximum absolute atomic E-state index is 14.0. The summed E-state index contributed by atoms with van der Waals surface area (Å²) in [5, 5.41) is 2.96. The van der Waals surface area contributed by atoms with Crippen LogP contribution in [0, 0.1) is 0 Å². The lowest BCUT2D eigenvalue weighted by molar-refractivity contribution is -0.236. The van der Waals surface area contributed by atoms with Gasteiger partial charge in [0.2, 0.25) is 0 Å². The average Bonchev–Trinajstić information content (AvgIpc) is 2.52. The van der Waals surface area contributed by atoms with Gasteiger partial charge in [0, 0.05) is 6.54 Å². The van der Waals surface area contributed by atoms with Gasteiger partial charge in [0.05, 0.1) is 6.54 Å². The first-order valence-electron chi connectivity index (χ1n) is 7.12. The van der Waals surface area contributed by atoms with Crippen LogP contribution in [0.1, 0.15) is 18.4 Å². The molecule has 0 bridgehead atoms. The Morgan fingerprint density at radius 2 is 2.05 bits per heavy atom. The van der Waals surface area contributed by atoms with Crippen molar-refractivity contribution in [2.75, 3.05) is 19.6 Å². The van der Waals surface area contributed by atoms with Gasteiger partial charge in [-0.3, -0.25) is 4.90 Å². The van der Waals surface area contributed by atoms with E-state index in [1.54, 1.807) is 0 Å². The Balaban J connectivity index is 0.00000176. The summed E-state index contributed by atoms with van der Waals surface area (Å²) in [7, 11) is 0. The van der Waals surface area contributed by atoms with E-state index in [1.807, 2.05) is 30.3 Å². The third kappa shape index (κ3) is 2.77. The first kappa shape index (κ1) is 17.0. The molecule has 2 fully saturated rings. The first-order valence-corrected chi connectivity index (χ1v) is 7.12. The number of hydrogen-bond donors (Lipinski definition) is 1. The van der Waals surface area contributed by atoms with E-state index in [9.17, 15) is 13.6 Å². The molecule has 22 heavy (non-hydrogen) atoms. The normalized spacial score (nSPS) is 26.0. The number of rotatable bonds is 2. The SMILES string of the molecule is Cl.O=C(OCc1ccccc1)N1CC(F)(F)C12CCCNC2. The van der Waals surface area contributed by atoms with Crippen molar-refractivity contribution in [3.05, 3.63) is 35.9 Å². The summed E-state index contributed by atoms with van der Waals surface area (Å²) in [6, 6.07) is 9.21. The molecule has 1 spiro atoms. The topological polar surface area (TPSA) is 41.6 Å². The quantitative estimate of drug-likeness (QED) is 0.905. The summed E-state index contributed by atoms with van der Waals surface area (Å²) in [4.78, 5) is 13.3. The molecule has 1 aromatic carbocycles. The van der Waals surface area contributed by atoms with Gasteiger partial charge in [0.1, 0.15) is 12.1 Å². The Hall–Kier alpha value is -1.40. The molecule has 2 aliphatic rings. The fraction of sp³-hybridized carbons (Fsp3) is 0.533. The van der Waals surface area contributed by atoms with Gasteiger partial charge < -0.3 is 10.1 Å². The van der Waals surface area contributed by atoms with E-state index in [1.165, 1.54) is 4.90 Å². The number of ether oxygens (including phenoxy) is 1. The maximum atomic E-state index is 14.0. The summed E-state index contributed by atoms with van der Waals surface area (Å²) in [6.45, 7) is 0.388. The van der Waals surface area contributed by atoms with Crippen molar-refractivity contribution in [2.45, 2.75) is 30.9 Å². The highest BCUT2D eigenvalue weighted by molar-refractivity contribution is 5.85. The predicted octanol–water partition coefficient (Wildman–Crippen LogP) is 2.82. The van der Waals surface area contributed by atoms with Crippen LogP contribution < -0.4 is 5.32 Å². The molecule has 7 heteroatoms. The molecule has 2 heterocycles. The largest absolute Gasteiger partial charge is 0.445 e. The van der Waals surface area contributed by atoms with E-state index in [2.05, 4.69) is 5.32 Å². The zero-order chi connectivity index (χ0) is 14.9. The second kappa shape index (κ2) is 6.38. The van der Waals surface area contributed by atoms with E-state index < -0.39 is 24.1 Å². The minimum absolute atomic E-state index is 0. The van der Waals surface area contributed by atoms with Gasteiger partial charge in [0.15, 0.2) is 0 Å². The Morgan fingerprint density at radius 3 is 2.64 bits per heavy atom. The fourth-order valence-corrected chi connectivity index (χ4v) is 3.07. The molecule has 4 nitrogen and oxygen atoms in total. The number of hydrogen-bond acceptors (Lipinski definition) is 3. The molecule has 2 saturated heterocycles. The molecule has 1 aromatic rings. The zero-order valence-corrected chi connectivity index (χ0v) is 12.9. The van der Waals surface area contributed by atoms with Crippen molar-refractivity contribution in [1.29, 1.82) is 0 Å². The van der Waals surface area contributed by atoms with Crippen molar-refractivity contribution in [2.24, 2.45) is 0 Å². The summed E-state index contributed by atoms with van der Waals surface area (Å²) >= 11 is 0. The Kier molecular flexibility index (Phi) is 4.92. The molecule has 2 aliphatic heterocycles. The third-order valence-corrected chi connectivity index (χ3v) is 4.34. The molecule has 1 N–H and O–H groups in total. The number of nitrogens with one attached hydrogen (secondary N) is 1. The van der Waals surface area contributed by atoms with E-state index in [0.717, 1.165) is 5.56 Å². The van der Waals surface area contributed by atoms with Crippen molar-refractivity contribution in [3.8, 4) is 0 Å². The second-order valence-corrected chi connectivity index (χ2v) is 5.64. The van der Waals surface area contributed by atoms with Gasteiger partial charge in [-0.1, -0.05) is 30.3 Å². The first-order chi connectivity index (χ1) is 10.1. The van der Waals surface area contributed by atoms with Gasteiger partial charge in [-0.25, -0.2) is 13.6 Å². The third-order valence-electron chi connectivity index (χ3n) is 4.34. The standard InChI is InChI=1S/C15H18F2N2O2.ClH/c16-15(17)11-19(14(15)7-4-8-18-10-14)13(20)21-9-12-5-2-1-3-6-12;/h1-3,5-6,18H,4,7-11H2;1H. The smallest absolute Gasteiger partial charge is 0.411 e. The lowest BCUT2D eigenvalue weighted by Crippen LogP contribution is -2.80. The van der Waals surface area contributed by atoms with Crippen LogP contribution in [0.4, 0.5) is 13.6 Å². The maximum Gasteiger partial charge on any atom is 0.411 e. The number of halogens is 3. The highest BCUT2D eigenvalue weighted by Crippen LogP contribution is 2.48. The molecule has 0 aliphatic carbocycles. The highest BCUT2D eigenvalue weighted by atomic mass is 35.5. The van der Waals surface area contributed by atoms with Crippen molar-refractivity contribution >= 4 is 18.5 Å². The molecule has 0 radical (unpaired) electrons. The van der Waals surface area contributed by atoms with Crippen LogP contribution in [0.15, 0.2) is 30.3 Å². The lowest BCUT2D eigenvalue weighted by atomic mass is 9.75. The number of amides is 1. The minimum Gasteiger partial charge on any atom is -0.445 e. The van der Waals surface area contributed by atoms with Gasteiger partial charge in [-0.15, -0.1) is 12.4 Å². The molecule has 0 saturated carbocycles. The van der Waals surface area contributed by atoms with Crippen LogP contribution in [0.2, 0.25) is 0 Å². The Morgan fingerprint density at radius 1 is 1.32 bits per heavy atom. The molecular formula is C15H19ClF2N2O2. The molecule has 1 atom stereocenters. The van der Waals surface area contributed by atoms with Crippen molar-refractivity contribution in [1.82, 2.24) is 10.2 Å². The summed E-state index contributed by atoms with van der Waals surface area (Å²) < 4.78 is 33.1. The Bertz CT molecular complexity index is 522. The summed E-state index contributed by atoms with van der Waals surface area (Å²) in [6.07, 6.45) is 0.291. The summed E-state index contributed by atoms with van der Waals surface area (Å²) in [5.41, 5.74) is -0.562. The predicted molar refractivity (Wildman–Crippen MR) is 80.4 cm³/mol. The van der Waals surface area contributed by atoms with Gasteiger partial charge in [-0.05, 0) is 24.9 Å². The van der Waals surface area contributed by atoms with Crippen LogP contribution in [-0.2, 0) is 11.3 Å². The number of carbonyl (C=O) groups excluding carboxylic acids is 1. The number of alkyl halides is 2. The monoisotopic (exact) mass is 332 g/mol. The average molecular weight is 333 g/mol. The number of likely N-dealkylation sites (tertiary alicyclic amines) is 1. The number of nitrogens with zero attached hydrogens (tertiary/aromatic N) is 1. The van der Waals surface area contributed by atoms with Crippen LogP contribution in [0.3, 0.4) is 0 Å². The number of carbonyl (C=O) groups is 1. The minimum atomic E-state index is -2.84. The highest BCUT2D eigenvalue weighted by Gasteiger charge is 2.69. The van der Waals surface area contributed by atoms with Gasteiger partial charge >= 0.3 is 6.09 Å². The molecule has 0 aromatic heterocycles. The molecule has 122 valence electrons. The second-order valence-electron chi connectivity index (χ2n) is 5.64. The zero-order valence-electron chi connectivity index (χ0n) is 12.1. The van der Waals surface area contributed by atoms with E-state index >= 15 is 0 Å². The van der Waals surface area contributed by atoms with Gasteiger partial charge in [0.25, 0.3) is 5.92 Å². The van der Waals surface area contributed by atoms with Crippen molar-refractivity contribution in [3.63, 3.8) is 0 Å². The summed E-state index contributed by atoms with van der Waals surface area (Å²) in [5.74, 6) is -2.84. The molecular weight excluding hydrogens is 314 g/mol. The number of piperidine rings is 1. The lowest BCUT2D eigenvalue weighted by Gasteiger charge is -2.58. The van der Waals surface area contributed by atoms with Crippen LogP contribution in [-0.4, -0.2) is 42.1 Å². The van der Waals surface area contributed by atoms with E-state index in [4.69, 9.17) is 4.74 Å². The van der Waals surface area contributed by atoms with Crippen LogP contribution in [0.25, 0.3) is 0 Å². The van der Waals surface area contributed by atoms with Crippen molar-refractivity contribution < 1.29 is 18.3 Å². The fourth-order valence-electron chi connectivity index (χ4n) is 3.07. The molecule has 1 amide bonds. The number of benzene rings is 1. The molecule has 3 rings (SSSR count). The van der Waals surface area contributed by atoms with Crippen LogP contribution >= 0.6 is 12.4 Å². The van der Waals surface area contributed by atoms with Crippen LogP contribution in [0.5, 0.6) is 0 Å². The molecule has 1 unspecified atom stereocenters.